The Morgan fingerprint density at radius 3 is 2.62 bits per heavy atom. The molecule has 1 N–H and O–H groups in total. The molecule has 3 rings (SSSR count). The highest BCUT2D eigenvalue weighted by atomic mass is 32.2. The maximum absolute atomic E-state index is 14.9. The zero-order valence-corrected chi connectivity index (χ0v) is 15.8. The molecule has 1 aliphatic heterocycles. The SMILES string of the molecule is COc1cccc(C2(NS(=O)(=O)c3cn(C)c(C)n3)CCOCC2)c1F. The fraction of sp³-hybridized carbons (Fsp3) is 0.471. The van der Waals surface area contributed by atoms with Gasteiger partial charge in [0.1, 0.15) is 5.82 Å². The second-order valence-corrected chi connectivity index (χ2v) is 7.99. The van der Waals surface area contributed by atoms with Crippen LogP contribution in [0.1, 0.15) is 24.2 Å². The number of hydrogen-bond donors (Lipinski definition) is 1. The molecule has 142 valence electrons. The van der Waals surface area contributed by atoms with E-state index in [-0.39, 0.29) is 16.3 Å². The number of aromatic nitrogens is 2. The number of methoxy groups -OCH3 is 1. The summed E-state index contributed by atoms with van der Waals surface area (Å²) in [6.45, 7) is 2.35. The van der Waals surface area contributed by atoms with Crippen molar-refractivity contribution in [2.24, 2.45) is 7.05 Å². The molecule has 26 heavy (non-hydrogen) atoms. The number of aryl methyl sites for hydroxylation is 2. The van der Waals surface area contributed by atoms with Crippen LogP contribution in [0.3, 0.4) is 0 Å². The van der Waals surface area contributed by atoms with Gasteiger partial charge in [0.25, 0.3) is 10.0 Å². The van der Waals surface area contributed by atoms with E-state index in [9.17, 15) is 12.8 Å². The van der Waals surface area contributed by atoms with Crippen molar-refractivity contribution in [2.45, 2.75) is 30.3 Å². The Bertz CT molecular complexity index is 885. The summed E-state index contributed by atoms with van der Waals surface area (Å²) in [7, 11) is -0.859. The molecule has 9 heteroatoms. The molecule has 0 saturated carbocycles. The molecule has 1 aliphatic rings. The lowest BCUT2D eigenvalue weighted by Gasteiger charge is -2.38. The second-order valence-electron chi connectivity index (χ2n) is 6.36. The Kier molecular flexibility index (Phi) is 5.05. The molecule has 1 saturated heterocycles. The highest BCUT2D eigenvalue weighted by molar-refractivity contribution is 7.89. The molecule has 1 fully saturated rings. The van der Waals surface area contributed by atoms with Gasteiger partial charge in [0.15, 0.2) is 16.6 Å². The van der Waals surface area contributed by atoms with Gasteiger partial charge in [-0.3, -0.25) is 0 Å². The predicted molar refractivity (Wildman–Crippen MR) is 92.9 cm³/mol. The fourth-order valence-corrected chi connectivity index (χ4v) is 4.63. The van der Waals surface area contributed by atoms with Crippen LogP contribution in [-0.2, 0) is 27.3 Å². The number of halogens is 1. The van der Waals surface area contributed by atoms with Crippen molar-refractivity contribution in [1.82, 2.24) is 14.3 Å². The highest BCUT2D eigenvalue weighted by Crippen LogP contribution is 2.37. The zero-order valence-electron chi connectivity index (χ0n) is 15.0. The van der Waals surface area contributed by atoms with Gasteiger partial charge in [0.05, 0.1) is 12.6 Å². The minimum atomic E-state index is -3.95. The Morgan fingerprint density at radius 2 is 2.04 bits per heavy atom. The predicted octanol–water partition coefficient (Wildman–Crippen LogP) is 1.86. The molecule has 0 aliphatic carbocycles. The lowest BCUT2D eigenvalue weighted by Crippen LogP contribution is -2.50. The van der Waals surface area contributed by atoms with E-state index in [0.717, 1.165) is 0 Å². The van der Waals surface area contributed by atoms with Crippen molar-refractivity contribution in [3.8, 4) is 5.75 Å². The topological polar surface area (TPSA) is 82.5 Å². The van der Waals surface area contributed by atoms with Gasteiger partial charge in [0, 0.05) is 32.0 Å². The minimum Gasteiger partial charge on any atom is -0.494 e. The van der Waals surface area contributed by atoms with Crippen LogP contribution in [0.5, 0.6) is 5.75 Å². The standard InChI is InChI=1S/C17H22FN3O4S/c1-12-19-15(11-21(12)2)26(22,23)20-17(7-9-25-10-8-17)13-5-4-6-14(24-3)16(13)18/h4-6,11,20H,7-10H2,1-3H3. The highest BCUT2D eigenvalue weighted by Gasteiger charge is 2.41. The van der Waals surface area contributed by atoms with E-state index in [1.54, 1.807) is 30.7 Å². The molecular formula is C17H22FN3O4S. The molecule has 7 nitrogen and oxygen atoms in total. The number of benzene rings is 1. The van der Waals surface area contributed by atoms with E-state index in [0.29, 0.717) is 31.9 Å². The average molecular weight is 383 g/mol. The molecular weight excluding hydrogens is 361 g/mol. The summed E-state index contributed by atoms with van der Waals surface area (Å²) in [6.07, 6.45) is 2.05. The van der Waals surface area contributed by atoms with Crippen molar-refractivity contribution >= 4 is 10.0 Å². The summed E-state index contributed by atoms with van der Waals surface area (Å²) >= 11 is 0. The van der Waals surface area contributed by atoms with Crippen molar-refractivity contribution in [3.63, 3.8) is 0 Å². The van der Waals surface area contributed by atoms with Crippen molar-refractivity contribution < 1.29 is 22.3 Å². The third-order valence-electron chi connectivity index (χ3n) is 4.74. The molecule has 2 aromatic rings. The first-order valence-electron chi connectivity index (χ1n) is 8.24. The van der Waals surface area contributed by atoms with Crippen LogP contribution in [0.4, 0.5) is 4.39 Å². The molecule has 1 aromatic heterocycles. The van der Waals surface area contributed by atoms with E-state index >= 15 is 0 Å². The quantitative estimate of drug-likeness (QED) is 0.852. The molecule has 2 heterocycles. The summed E-state index contributed by atoms with van der Waals surface area (Å²) in [5, 5.41) is -0.0910. The van der Waals surface area contributed by atoms with Gasteiger partial charge in [-0.05, 0) is 25.8 Å². The average Bonchev–Trinajstić information content (AvgIpc) is 2.95. The third-order valence-corrected chi connectivity index (χ3v) is 6.14. The van der Waals surface area contributed by atoms with E-state index < -0.39 is 21.4 Å². The number of sulfonamides is 1. The first-order valence-corrected chi connectivity index (χ1v) is 9.72. The van der Waals surface area contributed by atoms with Crippen molar-refractivity contribution in [1.29, 1.82) is 0 Å². The van der Waals surface area contributed by atoms with Gasteiger partial charge in [-0.1, -0.05) is 12.1 Å². The van der Waals surface area contributed by atoms with E-state index in [1.165, 1.54) is 19.4 Å². The maximum Gasteiger partial charge on any atom is 0.260 e. The van der Waals surface area contributed by atoms with Crippen LogP contribution < -0.4 is 9.46 Å². The van der Waals surface area contributed by atoms with E-state index in [2.05, 4.69) is 9.71 Å². The summed E-state index contributed by atoms with van der Waals surface area (Å²) in [5.41, 5.74) is -0.877. The van der Waals surface area contributed by atoms with E-state index in [1.807, 2.05) is 0 Å². The first kappa shape index (κ1) is 18.8. The lowest BCUT2D eigenvalue weighted by atomic mass is 9.83. The molecule has 0 amide bonds. The van der Waals surface area contributed by atoms with Crippen LogP contribution in [-0.4, -0.2) is 38.3 Å². The van der Waals surface area contributed by atoms with Gasteiger partial charge in [-0.15, -0.1) is 0 Å². The third kappa shape index (κ3) is 3.34. The Labute approximate surface area is 152 Å². The Morgan fingerprint density at radius 1 is 1.35 bits per heavy atom. The molecule has 1 aromatic carbocycles. The largest absolute Gasteiger partial charge is 0.494 e. The number of imidazole rings is 1. The first-order chi connectivity index (χ1) is 12.3. The second kappa shape index (κ2) is 6.98. The van der Waals surface area contributed by atoms with Crippen molar-refractivity contribution in [2.75, 3.05) is 20.3 Å². The van der Waals surface area contributed by atoms with Crippen molar-refractivity contribution in [3.05, 3.63) is 41.6 Å². The van der Waals surface area contributed by atoms with E-state index in [4.69, 9.17) is 9.47 Å². The lowest BCUT2D eigenvalue weighted by molar-refractivity contribution is 0.0444. The molecule has 0 radical (unpaired) electrons. The number of hydrogen-bond acceptors (Lipinski definition) is 5. The van der Waals surface area contributed by atoms with Gasteiger partial charge in [0.2, 0.25) is 0 Å². The van der Waals surface area contributed by atoms with Crippen LogP contribution >= 0.6 is 0 Å². The summed E-state index contributed by atoms with van der Waals surface area (Å²) < 4.78 is 55.5. The number of nitrogens with one attached hydrogen (secondary N) is 1. The number of nitrogens with zero attached hydrogens (tertiary/aromatic N) is 2. The molecule has 0 bridgehead atoms. The summed E-state index contributed by atoms with van der Waals surface area (Å²) in [6, 6.07) is 4.73. The molecule has 0 atom stereocenters. The monoisotopic (exact) mass is 383 g/mol. The van der Waals surface area contributed by atoms with Crippen LogP contribution in [0.25, 0.3) is 0 Å². The van der Waals surface area contributed by atoms with Gasteiger partial charge in [-0.25, -0.2) is 17.8 Å². The smallest absolute Gasteiger partial charge is 0.260 e. The van der Waals surface area contributed by atoms with Crippen LogP contribution in [0.15, 0.2) is 29.4 Å². The number of ether oxygens (including phenoxy) is 2. The molecule has 0 spiro atoms. The maximum atomic E-state index is 14.9. The summed E-state index contributed by atoms with van der Waals surface area (Å²) in [5.74, 6) is 0.0667. The Hall–Kier alpha value is -1.97. The fourth-order valence-electron chi connectivity index (χ4n) is 3.15. The summed E-state index contributed by atoms with van der Waals surface area (Å²) in [4.78, 5) is 4.09. The Balaban J connectivity index is 2.06. The zero-order chi connectivity index (χ0) is 18.9. The van der Waals surface area contributed by atoms with Crippen LogP contribution in [0.2, 0.25) is 0 Å². The van der Waals surface area contributed by atoms with Gasteiger partial charge in [-0.2, -0.15) is 4.72 Å². The molecule has 0 unspecified atom stereocenters. The van der Waals surface area contributed by atoms with Gasteiger partial charge < -0.3 is 14.0 Å². The minimum absolute atomic E-state index is 0.0706. The normalized spacial score (nSPS) is 17.2. The number of rotatable bonds is 5. The van der Waals surface area contributed by atoms with Crippen LogP contribution in [0, 0.1) is 12.7 Å². The van der Waals surface area contributed by atoms with Gasteiger partial charge >= 0.3 is 0 Å².